The van der Waals surface area contributed by atoms with Gasteiger partial charge in [0.05, 0.1) is 5.56 Å². The Labute approximate surface area is 143 Å². The third-order valence-corrected chi connectivity index (χ3v) is 4.63. The number of hydrogen-bond donors (Lipinski definition) is 1. The molecular formula is C17H19F3N2O3. The van der Waals surface area contributed by atoms with Crippen molar-refractivity contribution >= 4 is 6.41 Å². The molecule has 0 spiro atoms. The summed E-state index contributed by atoms with van der Waals surface area (Å²) in [4.78, 5) is 10.8. The Balaban J connectivity index is 2.28. The molecule has 0 aliphatic heterocycles. The normalized spacial score (nSPS) is 23.8. The zero-order valence-electron chi connectivity index (χ0n) is 14.3. The summed E-state index contributed by atoms with van der Waals surface area (Å²) in [5.41, 5.74) is -1.09. The van der Waals surface area contributed by atoms with Crippen LogP contribution in [0.2, 0.25) is 0 Å². The van der Waals surface area contributed by atoms with E-state index in [1.807, 2.05) is 27.7 Å². The molecule has 0 unspecified atom stereocenters. The molecule has 8 heteroatoms. The fourth-order valence-corrected chi connectivity index (χ4v) is 3.94. The molecule has 1 aliphatic rings. The topological polar surface area (TPSA) is 71.3 Å². The molecule has 1 aromatic rings. The first-order valence-electron chi connectivity index (χ1n) is 7.59. The van der Waals surface area contributed by atoms with Crippen LogP contribution in [-0.2, 0) is 4.79 Å². The molecule has 0 aromatic heterocycles. The van der Waals surface area contributed by atoms with Crippen molar-refractivity contribution in [3.8, 4) is 17.6 Å². The largest absolute Gasteiger partial charge is 0.573 e. The van der Waals surface area contributed by atoms with Gasteiger partial charge in [0.2, 0.25) is 6.41 Å². The van der Waals surface area contributed by atoms with Crippen LogP contribution in [0.1, 0.15) is 33.3 Å². The SMILES string of the molecule is CC1(C)C(NC=O)C(C)(C)C1Oc1ccc(C#N)c(OC(F)(F)F)c1. The smallest absolute Gasteiger partial charge is 0.489 e. The fourth-order valence-electron chi connectivity index (χ4n) is 3.94. The summed E-state index contributed by atoms with van der Waals surface area (Å²) in [6.07, 6.45) is -4.64. The summed E-state index contributed by atoms with van der Waals surface area (Å²) < 4.78 is 47.3. The number of benzene rings is 1. The number of ether oxygens (including phenoxy) is 2. The highest BCUT2D eigenvalue weighted by atomic mass is 19.4. The number of nitrogens with one attached hydrogen (secondary N) is 1. The van der Waals surface area contributed by atoms with Crippen molar-refractivity contribution in [2.45, 2.75) is 46.2 Å². The van der Waals surface area contributed by atoms with Crippen LogP contribution in [-0.4, -0.2) is 24.9 Å². The lowest BCUT2D eigenvalue weighted by Gasteiger charge is -2.62. The van der Waals surface area contributed by atoms with Crippen LogP contribution in [0.15, 0.2) is 18.2 Å². The van der Waals surface area contributed by atoms with Crippen molar-refractivity contribution in [3.05, 3.63) is 23.8 Å². The number of nitriles is 1. The van der Waals surface area contributed by atoms with Crippen LogP contribution < -0.4 is 14.8 Å². The molecule has 0 heterocycles. The zero-order chi connectivity index (χ0) is 19.0. The molecule has 0 radical (unpaired) electrons. The molecule has 25 heavy (non-hydrogen) atoms. The number of hydrogen-bond acceptors (Lipinski definition) is 4. The van der Waals surface area contributed by atoms with Gasteiger partial charge in [-0.1, -0.05) is 27.7 Å². The first-order chi connectivity index (χ1) is 11.4. The fraction of sp³-hybridized carbons (Fsp3) is 0.529. The van der Waals surface area contributed by atoms with Crippen molar-refractivity contribution in [1.82, 2.24) is 5.32 Å². The second-order valence-electron chi connectivity index (χ2n) is 7.18. The number of carbonyl (C=O) groups is 1. The van der Waals surface area contributed by atoms with E-state index in [2.05, 4.69) is 10.1 Å². The van der Waals surface area contributed by atoms with E-state index in [4.69, 9.17) is 10.00 Å². The van der Waals surface area contributed by atoms with Gasteiger partial charge in [-0.2, -0.15) is 5.26 Å². The molecule has 5 nitrogen and oxygen atoms in total. The number of halogens is 3. The van der Waals surface area contributed by atoms with E-state index < -0.39 is 22.9 Å². The van der Waals surface area contributed by atoms with Crippen LogP contribution in [0.3, 0.4) is 0 Å². The summed E-state index contributed by atoms with van der Waals surface area (Å²) in [6.45, 7) is 7.61. The molecule has 1 fully saturated rings. The maximum atomic E-state index is 12.5. The lowest BCUT2D eigenvalue weighted by molar-refractivity contribution is -0.274. The number of alkyl halides is 3. The standard InChI is InChI=1S/C17H19F3N2O3/c1-15(2)13(22-9-23)16(3,4)14(15)24-11-6-5-10(8-21)12(7-11)25-17(18,19)20/h5-7,9,13-14H,1-4H3,(H,22,23). The average Bonchev–Trinajstić information content (AvgIpc) is 2.48. The number of amides is 1. The average molecular weight is 356 g/mol. The lowest BCUT2D eigenvalue weighted by atomic mass is 9.49. The number of carbonyl (C=O) groups excluding carboxylic acids is 1. The Morgan fingerprint density at radius 1 is 1.24 bits per heavy atom. The minimum atomic E-state index is -4.90. The minimum Gasteiger partial charge on any atom is -0.489 e. The van der Waals surface area contributed by atoms with Gasteiger partial charge in [0.15, 0.2) is 5.75 Å². The molecule has 1 aromatic carbocycles. The second-order valence-corrected chi connectivity index (χ2v) is 7.18. The molecule has 1 amide bonds. The maximum Gasteiger partial charge on any atom is 0.573 e. The molecule has 0 saturated heterocycles. The maximum absolute atomic E-state index is 12.5. The summed E-state index contributed by atoms with van der Waals surface area (Å²) in [6, 6.07) is 5.20. The Morgan fingerprint density at radius 2 is 1.84 bits per heavy atom. The zero-order valence-corrected chi connectivity index (χ0v) is 14.3. The van der Waals surface area contributed by atoms with E-state index in [1.165, 1.54) is 12.1 Å². The predicted octanol–water partition coefficient (Wildman–Crippen LogP) is 3.38. The molecule has 1 N–H and O–H groups in total. The monoisotopic (exact) mass is 356 g/mol. The second kappa shape index (κ2) is 6.14. The summed E-state index contributed by atoms with van der Waals surface area (Å²) >= 11 is 0. The van der Waals surface area contributed by atoms with Crippen molar-refractivity contribution in [2.75, 3.05) is 0 Å². The molecule has 1 saturated carbocycles. The summed E-state index contributed by atoms with van der Waals surface area (Å²) in [5.74, 6) is -0.445. The van der Waals surface area contributed by atoms with Crippen molar-refractivity contribution in [1.29, 1.82) is 5.26 Å². The van der Waals surface area contributed by atoms with Crippen LogP contribution in [0.4, 0.5) is 13.2 Å². The van der Waals surface area contributed by atoms with Crippen molar-refractivity contribution in [3.63, 3.8) is 0 Å². The summed E-state index contributed by atoms with van der Waals surface area (Å²) in [7, 11) is 0. The van der Waals surface area contributed by atoms with Crippen molar-refractivity contribution in [2.24, 2.45) is 10.8 Å². The Kier molecular flexibility index (Phi) is 4.64. The molecule has 0 bridgehead atoms. The van der Waals surface area contributed by atoms with Gasteiger partial charge in [-0.25, -0.2) is 0 Å². The van der Waals surface area contributed by atoms with E-state index in [0.29, 0.717) is 6.41 Å². The molecular weight excluding hydrogens is 337 g/mol. The third kappa shape index (κ3) is 3.50. The Hall–Kier alpha value is -2.43. The lowest BCUT2D eigenvalue weighted by Crippen LogP contribution is -2.73. The van der Waals surface area contributed by atoms with Crippen LogP contribution in [0.25, 0.3) is 0 Å². The molecule has 0 atom stereocenters. The van der Waals surface area contributed by atoms with E-state index in [9.17, 15) is 18.0 Å². The van der Waals surface area contributed by atoms with Gasteiger partial charge in [0.1, 0.15) is 17.9 Å². The van der Waals surface area contributed by atoms with Crippen LogP contribution >= 0.6 is 0 Å². The van der Waals surface area contributed by atoms with Gasteiger partial charge < -0.3 is 14.8 Å². The van der Waals surface area contributed by atoms with E-state index >= 15 is 0 Å². The third-order valence-electron chi connectivity index (χ3n) is 4.63. The van der Waals surface area contributed by atoms with Crippen molar-refractivity contribution < 1.29 is 27.4 Å². The molecule has 2 rings (SSSR count). The quantitative estimate of drug-likeness (QED) is 0.821. The Bertz CT molecular complexity index is 692. The first kappa shape index (κ1) is 18.9. The van der Waals surface area contributed by atoms with Gasteiger partial charge in [-0.05, 0) is 12.1 Å². The van der Waals surface area contributed by atoms with E-state index in [0.717, 1.165) is 6.07 Å². The first-order valence-corrected chi connectivity index (χ1v) is 7.59. The number of nitrogens with zero attached hydrogens (tertiary/aromatic N) is 1. The van der Waals surface area contributed by atoms with Gasteiger partial charge in [0, 0.05) is 22.9 Å². The highest BCUT2D eigenvalue weighted by molar-refractivity contribution is 5.49. The molecule has 136 valence electrons. The summed E-state index contributed by atoms with van der Waals surface area (Å²) in [5, 5.41) is 11.7. The van der Waals surface area contributed by atoms with E-state index in [1.54, 1.807) is 6.07 Å². The minimum absolute atomic E-state index is 0.147. The Morgan fingerprint density at radius 3 is 2.32 bits per heavy atom. The van der Waals surface area contributed by atoms with Gasteiger partial charge >= 0.3 is 6.36 Å². The van der Waals surface area contributed by atoms with Crippen LogP contribution in [0.5, 0.6) is 11.5 Å². The van der Waals surface area contributed by atoms with Gasteiger partial charge in [0.25, 0.3) is 0 Å². The highest BCUT2D eigenvalue weighted by Gasteiger charge is 2.63. The number of rotatable bonds is 5. The van der Waals surface area contributed by atoms with Gasteiger partial charge in [-0.15, -0.1) is 13.2 Å². The molecule has 1 aliphatic carbocycles. The highest BCUT2D eigenvalue weighted by Crippen LogP contribution is 2.55. The van der Waals surface area contributed by atoms with Gasteiger partial charge in [-0.3, -0.25) is 4.79 Å². The van der Waals surface area contributed by atoms with Crippen LogP contribution in [0, 0.1) is 22.2 Å². The predicted molar refractivity (Wildman–Crippen MR) is 82.8 cm³/mol. The van der Waals surface area contributed by atoms with E-state index in [-0.39, 0.29) is 23.5 Å².